The maximum atomic E-state index is 14.3. The summed E-state index contributed by atoms with van der Waals surface area (Å²) in [5.74, 6) is -1.90. The number of nitrogens with one attached hydrogen (secondary N) is 1. The van der Waals surface area contributed by atoms with Gasteiger partial charge in [0.25, 0.3) is 0 Å². The summed E-state index contributed by atoms with van der Waals surface area (Å²) in [4.78, 5) is 12.3. The number of amides is 1. The van der Waals surface area contributed by atoms with Gasteiger partial charge in [0.15, 0.2) is 11.5 Å². The minimum absolute atomic E-state index is 0.0389. The Morgan fingerprint density at radius 2 is 1.84 bits per heavy atom. The molecule has 1 N–H and O–H groups in total. The van der Waals surface area contributed by atoms with Gasteiger partial charge in [0.1, 0.15) is 23.3 Å². The topological polar surface area (TPSA) is 79.9 Å². The monoisotopic (exact) mass is 426 g/mol. The number of alkyl halides is 1. The van der Waals surface area contributed by atoms with Crippen LogP contribution in [0.1, 0.15) is 22.3 Å². The predicted molar refractivity (Wildman–Crippen MR) is 105 cm³/mol. The van der Waals surface area contributed by atoms with Crippen molar-refractivity contribution in [1.29, 1.82) is 5.26 Å². The quantitative estimate of drug-likeness (QED) is 0.655. The summed E-state index contributed by atoms with van der Waals surface area (Å²) in [6.45, 7) is 0.139. The van der Waals surface area contributed by atoms with Crippen molar-refractivity contribution in [2.45, 2.75) is 18.6 Å². The van der Waals surface area contributed by atoms with E-state index in [1.807, 2.05) is 0 Å². The van der Waals surface area contributed by atoms with Gasteiger partial charge in [-0.15, -0.1) is 0 Å². The summed E-state index contributed by atoms with van der Waals surface area (Å²) in [5, 5.41) is 15.5. The Kier molecular flexibility index (Phi) is 5.48. The molecule has 0 radical (unpaired) electrons. The molecule has 4 rings (SSSR count). The minimum atomic E-state index is -1.45. The fourth-order valence-electron chi connectivity index (χ4n) is 3.27. The predicted octanol–water partition coefficient (Wildman–Crippen LogP) is 3.46. The number of aromatic nitrogens is 2. The van der Waals surface area contributed by atoms with Gasteiger partial charge >= 0.3 is 0 Å². The lowest BCUT2D eigenvalue weighted by atomic mass is 9.93. The van der Waals surface area contributed by atoms with Crippen molar-refractivity contribution in [3.63, 3.8) is 0 Å². The van der Waals surface area contributed by atoms with E-state index in [9.17, 15) is 18.0 Å². The molecule has 0 spiro atoms. The van der Waals surface area contributed by atoms with Gasteiger partial charge in [-0.05, 0) is 28.8 Å². The van der Waals surface area contributed by atoms with Gasteiger partial charge in [-0.25, -0.2) is 13.2 Å². The molecule has 1 aliphatic rings. The van der Waals surface area contributed by atoms with E-state index in [4.69, 9.17) is 10.00 Å². The fourth-order valence-corrected chi connectivity index (χ4v) is 3.27. The molecule has 0 atom stereocenters. The van der Waals surface area contributed by atoms with E-state index >= 15 is 0 Å². The van der Waals surface area contributed by atoms with E-state index in [-0.39, 0.29) is 43.5 Å². The Morgan fingerprint density at radius 1 is 1.16 bits per heavy atom. The zero-order valence-electron chi connectivity index (χ0n) is 16.2. The molecule has 0 unspecified atom stereocenters. The molecule has 9 heteroatoms. The number of benzene rings is 2. The van der Waals surface area contributed by atoms with Crippen molar-refractivity contribution in [2.75, 3.05) is 18.5 Å². The first-order valence-corrected chi connectivity index (χ1v) is 9.44. The Hall–Kier alpha value is -3.64. The summed E-state index contributed by atoms with van der Waals surface area (Å²) in [7, 11) is 0. The molecule has 158 valence electrons. The van der Waals surface area contributed by atoms with E-state index in [0.29, 0.717) is 11.1 Å². The van der Waals surface area contributed by atoms with E-state index in [2.05, 4.69) is 10.4 Å². The second-order valence-corrected chi connectivity index (χ2v) is 7.32. The molecule has 1 saturated heterocycles. The molecule has 1 aliphatic heterocycles. The van der Waals surface area contributed by atoms with E-state index in [1.165, 1.54) is 10.8 Å². The highest BCUT2D eigenvalue weighted by Crippen LogP contribution is 2.33. The van der Waals surface area contributed by atoms with Crippen LogP contribution in [0, 0.1) is 23.0 Å². The number of carbonyl (C=O) groups excluding carboxylic acids is 1. The van der Waals surface area contributed by atoms with Gasteiger partial charge in [-0.2, -0.15) is 10.4 Å². The van der Waals surface area contributed by atoms with Crippen LogP contribution >= 0.6 is 0 Å². The summed E-state index contributed by atoms with van der Waals surface area (Å²) in [6, 6.07) is 11.9. The van der Waals surface area contributed by atoms with E-state index < -0.39 is 22.9 Å². The number of nitrogens with zero attached hydrogens (tertiary/aromatic N) is 3. The molecule has 1 amide bonds. The minimum Gasteiger partial charge on any atom is -0.374 e. The van der Waals surface area contributed by atoms with Crippen LogP contribution in [0.5, 0.6) is 0 Å². The highest BCUT2D eigenvalue weighted by atomic mass is 19.1. The molecule has 6 nitrogen and oxygen atoms in total. The molecule has 31 heavy (non-hydrogen) atoms. The Labute approximate surface area is 175 Å². The number of anilines is 1. The summed E-state index contributed by atoms with van der Waals surface area (Å²) in [6.07, 6.45) is 1.63. The van der Waals surface area contributed by atoms with Crippen molar-refractivity contribution in [3.05, 3.63) is 82.5 Å². The lowest BCUT2D eigenvalue weighted by molar-refractivity contribution is -0.135. The van der Waals surface area contributed by atoms with Crippen LogP contribution in [0.2, 0.25) is 0 Å². The van der Waals surface area contributed by atoms with Gasteiger partial charge in [0.2, 0.25) is 5.91 Å². The molecule has 0 bridgehead atoms. The van der Waals surface area contributed by atoms with E-state index in [1.54, 1.807) is 36.5 Å². The van der Waals surface area contributed by atoms with Crippen LogP contribution in [0.4, 0.5) is 19.0 Å². The largest absolute Gasteiger partial charge is 0.374 e. The molecule has 2 heterocycles. The highest BCUT2D eigenvalue weighted by molar-refractivity contribution is 5.91. The third kappa shape index (κ3) is 4.44. The number of hydrogen-bond donors (Lipinski definition) is 1. The number of nitriles is 1. The molecule has 2 aromatic carbocycles. The second-order valence-electron chi connectivity index (χ2n) is 7.32. The smallest absolute Gasteiger partial charge is 0.229 e. The van der Waals surface area contributed by atoms with Crippen LogP contribution in [0.25, 0.3) is 0 Å². The number of ether oxygens (including phenoxy) is 1. The average molecular weight is 426 g/mol. The summed E-state index contributed by atoms with van der Waals surface area (Å²) < 4.78 is 48.1. The van der Waals surface area contributed by atoms with Crippen molar-refractivity contribution in [1.82, 2.24) is 9.78 Å². The summed E-state index contributed by atoms with van der Waals surface area (Å²) >= 11 is 0. The first kappa shape index (κ1) is 20.6. The zero-order chi connectivity index (χ0) is 22.0. The van der Waals surface area contributed by atoms with Crippen molar-refractivity contribution >= 4 is 11.7 Å². The highest BCUT2D eigenvalue weighted by Gasteiger charge is 2.40. The standard InChI is InChI=1S/C22H17F3N4O2/c23-18-7-15(8-19(24)17(18)10-26)11-29-6-5-20(28-29)27-21(30)9-14-1-3-16(4-2-14)22(25)12-31-13-22/h1-8H,9,11-13H2,(H,27,28,30). The van der Waals surface area contributed by atoms with Crippen LogP contribution in [-0.4, -0.2) is 28.9 Å². The van der Waals surface area contributed by atoms with Crippen molar-refractivity contribution in [2.24, 2.45) is 0 Å². The number of carbonyl (C=O) groups is 1. The molecule has 1 fully saturated rings. The first-order chi connectivity index (χ1) is 14.9. The van der Waals surface area contributed by atoms with Gasteiger partial charge in [0, 0.05) is 12.3 Å². The average Bonchev–Trinajstić information content (AvgIpc) is 3.13. The van der Waals surface area contributed by atoms with E-state index in [0.717, 1.165) is 12.1 Å². The van der Waals surface area contributed by atoms with Gasteiger partial charge in [0.05, 0.1) is 26.2 Å². The lowest BCUT2D eigenvalue weighted by Gasteiger charge is -2.34. The Morgan fingerprint density at radius 3 is 2.42 bits per heavy atom. The first-order valence-electron chi connectivity index (χ1n) is 9.44. The van der Waals surface area contributed by atoms with Crippen LogP contribution in [0.15, 0.2) is 48.7 Å². The molecule has 3 aromatic rings. The Balaban J connectivity index is 1.35. The van der Waals surface area contributed by atoms with Gasteiger partial charge in [-0.1, -0.05) is 24.3 Å². The van der Waals surface area contributed by atoms with Crippen molar-refractivity contribution in [3.8, 4) is 6.07 Å². The number of hydrogen-bond acceptors (Lipinski definition) is 4. The lowest BCUT2D eigenvalue weighted by Crippen LogP contribution is -2.42. The molecular weight excluding hydrogens is 409 g/mol. The van der Waals surface area contributed by atoms with Gasteiger partial charge < -0.3 is 10.1 Å². The third-order valence-electron chi connectivity index (χ3n) is 4.96. The molecule has 0 aliphatic carbocycles. The SMILES string of the molecule is N#Cc1c(F)cc(Cn2ccc(NC(=O)Cc3ccc(C4(F)COC4)cc3)n2)cc1F. The number of halogens is 3. The van der Waals surface area contributed by atoms with Gasteiger partial charge in [-0.3, -0.25) is 9.48 Å². The fraction of sp³-hybridized carbons (Fsp3) is 0.227. The number of rotatable bonds is 6. The Bertz CT molecular complexity index is 1140. The molecular formula is C22H17F3N4O2. The maximum Gasteiger partial charge on any atom is 0.229 e. The van der Waals surface area contributed by atoms with Crippen LogP contribution in [-0.2, 0) is 28.2 Å². The molecule has 1 aromatic heterocycles. The molecule has 0 saturated carbocycles. The second kappa shape index (κ2) is 8.24. The normalized spacial score (nSPS) is 14.5. The maximum absolute atomic E-state index is 14.3. The third-order valence-corrected chi connectivity index (χ3v) is 4.96. The zero-order valence-corrected chi connectivity index (χ0v) is 16.2. The van der Waals surface area contributed by atoms with Crippen molar-refractivity contribution < 1.29 is 22.7 Å². The van der Waals surface area contributed by atoms with Crippen LogP contribution in [0.3, 0.4) is 0 Å². The summed E-state index contributed by atoms with van der Waals surface area (Å²) in [5.41, 5.74) is -0.551. The van der Waals surface area contributed by atoms with Crippen LogP contribution < -0.4 is 5.32 Å².